The lowest BCUT2D eigenvalue weighted by Gasteiger charge is -2.33. The number of nitrogens with zero attached hydrogens (tertiary/aromatic N) is 6. The first kappa shape index (κ1) is 43.7. The van der Waals surface area contributed by atoms with Crippen molar-refractivity contribution in [3.05, 3.63) is 108 Å². The third kappa shape index (κ3) is 8.96. The first-order valence-electron chi connectivity index (χ1n) is 22.4. The first-order chi connectivity index (χ1) is 28.9. The summed E-state index contributed by atoms with van der Waals surface area (Å²) in [5, 5.41) is 43.8. The zero-order valence-electron chi connectivity index (χ0n) is 36.7. The maximum Gasteiger partial charge on any atom is 0.220 e. The van der Waals surface area contributed by atoms with Crippen molar-refractivity contribution in [2.75, 3.05) is 25.0 Å². The van der Waals surface area contributed by atoms with E-state index >= 15 is 0 Å². The number of para-hydroxylation sites is 2. The van der Waals surface area contributed by atoms with Crippen molar-refractivity contribution in [2.45, 2.75) is 147 Å². The number of rotatable bonds is 19. The summed E-state index contributed by atoms with van der Waals surface area (Å²) in [5.41, 5.74) is 8.21. The van der Waals surface area contributed by atoms with Crippen molar-refractivity contribution in [1.29, 1.82) is 0 Å². The molecule has 4 heterocycles. The number of likely N-dealkylation sites (tertiary alicyclic amines) is 1. The molecule has 60 heavy (non-hydrogen) atoms. The SMILES string of the molecule is CCCCCCCN1[C@@H]2[C@H](Cn3cc(CNC(=O)CCCCCN4/C(=C/C=C/C=C/C5=[N+](C)c6ccccc6C5(C)C)C(C)(C)c5ccccc54)nn3)[C@@H](O)[C@H](O)[C@@H](O)[C@@H]21. The molecule has 1 aromatic heterocycles. The summed E-state index contributed by atoms with van der Waals surface area (Å²) in [7, 11) is 2.15. The molecule has 0 radical (unpaired) electrons. The van der Waals surface area contributed by atoms with Crippen LogP contribution in [0.5, 0.6) is 0 Å². The van der Waals surface area contributed by atoms with Gasteiger partial charge in [0.1, 0.15) is 18.8 Å². The Morgan fingerprint density at radius 2 is 1.53 bits per heavy atom. The molecule has 11 heteroatoms. The number of allylic oxidation sites excluding steroid dienone is 6. The highest BCUT2D eigenvalue weighted by molar-refractivity contribution is 6.03. The van der Waals surface area contributed by atoms with Crippen LogP contribution in [0.25, 0.3) is 0 Å². The molecule has 7 rings (SSSR count). The Balaban J connectivity index is 0.871. The number of aliphatic hydroxyl groups is 3. The van der Waals surface area contributed by atoms with Crippen LogP contribution in [0.15, 0.2) is 90.8 Å². The number of carbonyl (C=O) groups is 1. The van der Waals surface area contributed by atoms with Crippen molar-refractivity contribution < 1.29 is 24.7 Å². The Hall–Kier alpha value is -4.42. The molecule has 3 aliphatic heterocycles. The number of hydrogen-bond donors (Lipinski definition) is 4. The minimum absolute atomic E-state index is 0.00594. The number of carbonyl (C=O) groups excluding carboxylic acids is 1. The number of anilines is 1. The van der Waals surface area contributed by atoms with Crippen LogP contribution in [0.2, 0.25) is 0 Å². The van der Waals surface area contributed by atoms with Gasteiger partial charge in [0.15, 0.2) is 5.71 Å². The largest absolute Gasteiger partial charge is 0.390 e. The second-order valence-corrected chi connectivity index (χ2v) is 18.5. The third-order valence-electron chi connectivity index (χ3n) is 13.7. The quantitative estimate of drug-likeness (QED) is 0.0456. The fourth-order valence-electron chi connectivity index (χ4n) is 10.3. The van der Waals surface area contributed by atoms with E-state index in [1.165, 1.54) is 53.2 Å². The molecule has 1 saturated carbocycles. The Labute approximate surface area is 357 Å². The van der Waals surface area contributed by atoms with Crippen molar-refractivity contribution >= 4 is 23.0 Å². The van der Waals surface area contributed by atoms with Crippen LogP contribution in [0, 0.1) is 5.92 Å². The van der Waals surface area contributed by atoms with Crippen LogP contribution in [-0.4, -0.2) is 102 Å². The topological polar surface area (TPSA) is 130 Å². The fraction of sp³-hybridized carbons (Fsp3) is 0.551. The van der Waals surface area contributed by atoms with Gasteiger partial charge in [-0.05, 0) is 57.4 Å². The molecule has 4 aliphatic rings. The maximum absolute atomic E-state index is 12.9. The molecule has 322 valence electrons. The Bertz CT molecular complexity index is 2100. The van der Waals surface area contributed by atoms with Crippen LogP contribution < -0.4 is 10.2 Å². The van der Waals surface area contributed by atoms with Gasteiger partial charge in [0.2, 0.25) is 11.6 Å². The van der Waals surface area contributed by atoms with Gasteiger partial charge in [-0.2, -0.15) is 4.58 Å². The molecule has 7 atom stereocenters. The summed E-state index contributed by atoms with van der Waals surface area (Å²) in [4.78, 5) is 17.6. The van der Waals surface area contributed by atoms with Gasteiger partial charge >= 0.3 is 0 Å². The summed E-state index contributed by atoms with van der Waals surface area (Å²) in [6.45, 7) is 13.8. The molecule has 1 unspecified atom stereocenters. The van der Waals surface area contributed by atoms with Gasteiger partial charge in [-0.15, -0.1) is 5.10 Å². The van der Waals surface area contributed by atoms with E-state index in [1.807, 2.05) is 0 Å². The summed E-state index contributed by atoms with van der Waals surface area (Å²) in [6.07, 6.45) is 18.5. The monoisotopic (exact) mass is 819 g/mol. The summed E-state index contributed by atoms with van der Waals surface area (Å²) in [6, 6.07) is 17.2. The predicted molar refractivity (Wildman–Crippen MR) is 238 cm³/mol. The highest BCUT2D eigenvalue weighted by Gasteiger charge is 2.63. The molecule has 2 fully saturated rings. The van der Waals surface area contributed by atoms with Crippen LogP contribution in [-0.2, 0) is 28.7 Å². The van der Waals surface area contributed by atoms with Gasteiger partial charge in [0, 0.05) is 66.0 Å². The third-order valence-corrected chi connectivity index (χ3v) is 13.7. The maximum atomic E-state index is 12.9. The number of unbranched alkanes of at least 4 members (excludes halogenated alkanes) is 6. The molecule has 11 nitrogen and oxygen atoms in total. The van der Waals surface area contributed by atoms with E-state index in [4.69, 9.17) is 0 Å². The van der Waals surface area contributed by atoms with Gasteiger partial charge in [0.25, 0.3) is 0 Å². The van der Waals surface area contributed by atoms with E-state index in [2.05, 4.69) is 151 Å². The van der Waals surface area contributed by atoms with E-state index < -0.39 is 18.3 Å². The van der Waals surface area contributed by atoms with Crippen LogP contribution >= 0.6 is 0 Å². The van der Waals surface area contributed by atoms with E-state index in [1.54, 1.807) is 10.9 Å². The molecule has 1 amide bonds. The lowest BCUT2D eigenvalue weighted by atomic mass is 9.81. The fourth-order valence-corrected chi connectivity index (χ4v) is 10.3. The van der Waals surface area contributed by atoms with Gasteiger partial charge in [-0.25, -0.2) is 0 Å². The highest BCUT2D eigenvalue weighted by atomic mass is 16.4. The molecule has 0 spiro atoms. The lowest BCUT2D eigenvalue weighted by molar-refractivity contribution is -0.401. The summed E-state index contributed by atoms with van der Waals surface area (Å²) < 4.78 is 3.99. The average Bonchev–Trinajstić information content (AvgIpc) is 3.60. The molecule has 1 saturated heterocycles. The number of benzene rings is 2. The molecular formula is C49H68N7O4+. The Kier molecular flexibility index (Phi) is 13.6. The van der Waals surface area contributed by atoms with Crippen molar-refractivity contribution in [1.82, 2.24) is 25.2 Å². The Morgan fingerprint density at radius 3 is 2.32 bits per heavy atom. The number of aliphatic hydroxyl groups excluding tert-OH is 3. The molecule has 3 aromatic rings. The molecule has 2 aromatic carbocycles. The number of aromatic nitrogens is 3. The minimum atomic E-state index is -1.19. The standard InChI is InChI=1S/C49H67N7O4/c1-7-8-9-10-20-30-56-43-35(45(58)47(60)46(59)44(43)56)33-54-32-34(51-52-54)31-50-42(57)28-15-12-21-29-55-39-25-19-17-23-37(39)49(4,5)41(55)27-14-11-13-26-40-48(2,3)36-22-16-18-24-38(36)53(40)6/h11,13-14,16-19,22-27,32,35,43-47,58-60H,7-10,12,15,20-21,28-31,33H2,1-6H3/p+1/t35-,43+,44+,45+,46-,47-,56?/m0/s1. The van der Waals surface area contributed by atoms with Gasteiger partial charge in [-0.1, -0.05) is 113 Å². The van der Waals surface area contributed by atoms with E-state index in [0.29, 0.717) is 18.7 Å². The normalized spacial score (nSPS) is 26.9. The summed E-state index contributed by atoms with van der Waals surface area (Å²) >= 11 is 0. The zero-order chi connectivity index (χ0) is 42.6. The van der Waals surface area contributed by atoms with Crippen LogP contribution in [0.1, 0.15) is 109 Å². The van der Waals surface area contributed by atoms with Gasteiger partial charge < -0.3 is 25.5 Å². The van der Waals surface area contributed by atoms with Crippen LogP contribution in [0.4, 0.5) is 11.4 Å². The molecule has 1 aliphatic carbocycles. The second-order valence-electron chi connectivity index (χ2n) is 18.5. The van der Waals surface area contributed by atoms with E-state index in [0.717, 1.165) is 45.2 Å². The van der Waals surface area contributed by atoms with Crippen molar-refractivity contribution in [2.24, 2.45) is 5.92 Å². The lowest BCUT2D eigenvalue weighted by Crippen LogP contribution is -2.52. The van der Waals surface area contributed by atoms with Crippen molar-refractivity contribution in [3.63, 3.8) is 0 Å². The smallest absolute Gasteiger partial charge is 0.220 e. The second kappa shape index (κ2) is 18.7. The minimum Gasteiger partial charge on any atom is -0.390 e. The Morgan fingerprint density at radius 1 is 0.817 bits per heavy atom. The highest BCUT2D eigenvalue weighted by Crippen LogP contribution is 2.48. The van der Waals surface area contributed by atoms with Crippen LogP contribution in [0.3, 0.4) is 0 Å². The molecule has 4 N–H and O–H groups in total. The van der Waals surface area contributed by atoms with Gasteiger partial charge in [-0.3, -0.25) is 14.4 Å². The predicted octanol–water partition coefficient (Wildman–Crippen LogP) is 6.69. The number of amides is 1. The molecule has 0 bridgehead atoms. The van der Waals surface area contributed by atoms with Gasteiger partial charge in [0.05, 0.1) is 36.4 Å². The molecular weight excluding hydrogens is 751 g/mol. The average molecular weight is 819 g/mol. The number of nitrogens with one attached hydrogen (secondary N) is 1. The summed E-state index contributed by atoms with van der Waals surface area (Å²) in [5.74, 6) is -0.283. The zero-order valence-corrected chi connectivity index (χ0v) is 36.7. The number of fused-ring (bicyclic) bond motifs is 3. The first-order valence-corrected chi connectivity index (χ1v) is 22.4. The van der Waals surface area contributed by atoms with E-state index in [-0.39, 0.29) is 41.3 Å². The number of hydrogen-bond acceptors (Lipinski definition) is 8. The van der Waals surface area contributed by atoms with E-state index in [9.17, 15) is 20.1 Å². The van der Waals surface area contributed by atoms with Crippen molar-refractivity contribution in [3.8, 4) is 0 Å².